The molecule has 0 saturated carbocycles. The number of Topliss-reactive ketones (excluding diaryl/α,β-unsaturated/α-hetero) is 2. The number of ketones is 2. The Balaban J connectivity index is 0.000000265. The zero-order valence-electron chi connectivity index (χ0n) is 18.8. The largest absolute Gasteiger partial charge is 3.00 e. The Kier molecular flexibility index (Phi) is 10.7. The topological polar surface area (TPSA) is 81.2 Å². The van der Waals surface area contributed by atoms with Gasteiger partial charge in [0.1, 0.15) is 0 Å². The Morgan fingerprint density at radius 3 is 1.69 bits per heavy atom. The standard InChI is InChI=1S/C16H12O4S.C12H10N.Au/c17-15(13-7-3-1-4-8-13)11-21(19,20)12-16(18)14-9-5-2-6-10-14;1-10-5-7-11(8-6-10)12-4-2-3-9-13-12;/h1-12H;2-7,9H,1H3;/q-2;-1;+3. The summed E-state index contributed by atoms with van der Waals surface area (Å²) in [6.07, 6.45) is 1.79. The van der Waals surface area contributed by atoms with Crippen LogP contribution >= 0.6 is 0 Å². The summed E-state index contributed by atoms with van der Waals surface area (Å²) in [6.45, 7) is 2.05. The van der Waals surface area contributed by atoms with Crippen LogP contribution in [0.25, 0.3) is 11.3 Å². The molecule has 0 unspecified atom stereocenters. The van der Waals surface area contributed by atoms with Gasteiger partial charge in [0.15, 0.2) is 0 Å². The summed E-state index contributed by atoms with van der Waals surface area (Å²) in [5.41, 5.74) is 3.75. The van der Waals surface area contributed by atoms with E-state index >= 15 is 0 Å². The second-order valence-corrected chi connectivity index (χ2v) is 8.93. The molecule has 0 amide bonds. The van der Waals surface area contributed by atoms with Crippen molar-refractivity contribution < 1.29 is 40.4 Å². The molecule has 4 aromatic rings. The van der Waals surface area contributed by atoms with E-state index in [1.807, 2.05) is 30.3 Å². The average Bonchev–Trinajstić information content (AvgIpc) is 2.86. The van der Waals surface area contributed by atoms with Crippen molar-refractivity contribution in [3.05, 3.63) is 138 Å². The van der Waals surface area contributed by atoms with Crippen LogP contribution in [-0.2, 0) is 32.2 Å². The van der Waals surface area contributed by atoms with Gasteiger partial charge in [0.25, 0.3) is 0 Å². The van der Waals surface area contributed by atoms with E-state index in [2.05, 4.69) is 24.0 Å². The van der Waals surface area contributed by atoms with E-state index in [4.69, 9.17) is 0 Å². The summed E-state index contributed by atoms with van der Waals surface area (Å²) in [5, 5.41) is 0. The van der Waals surface area contributed by atoms with Crippen molar-refractivity contribution in [1.82, 2.24) is 4.98 Å². The second kappa shape index (κ2) is 13.5. The third kappa shape index (κ3) is 9.03. The number of benzene rings is 3. The predicted molar refractivity (Wildman–Crippen MR) is 132 cm³/mol. The number of carbonyl (C=O) groups excluding carboxylic acids is 2. The van der Waals surface area contributed by atoms with Gasteiger partial charge in [0.2, 0.25) is 0 Å². The molecule has 0 fully saturated rings. The number of hydrogen-bond acceptors (Lipinski definition) is 5. The molecule has 3 aromatic carbocycles. The summed E-state index contributed by atoms with van der Waals surface area (Å²) in [4.78, 5) is 27.9. The number of sulfone groups is 1. The smallest absolute Gasteiger partial charge is 0.331 e. The fraction of sp³-hybridized carbons (Fsp3) is 0.0357. The first kappa shape index (κ1) is 27.8. The van der Waals surface area contributed by atoms with E-state index in [1.165, 1.54) is 29.8 Å². The van der Waals surface area contributed by atoms with Crippen molar-refractivity contribution in [3.63, 3.8) is 0 Å². The van der Waals surface area contributed by atoms with E-state index in [0.717, 1.165) is 11.3 Å². The van der Waals surface area contributed by atoms with Gasteiger partial charge >= 0.3 is 22.4 Å². The number of nitrogens with zero attached hydrogens (tertiary/aromatic N) is 1. The molecule has 0 radical (unpaired) electrons. The van der Waals surface area contributed by atoms with Gasteiger partial charge < -0.3 is 14.6 Å². The molecule has 0 spiro atoms. The first-order valence-corrected chi connectivity index (χ1v) is 12.0. The van der Waals surface area contributed by atoms with Crippen LogP contribution in [0.1, 0.15) is 26.3 Å². The van der Waals surface area contributed by atoms with Gasteiger partial charge in [-0.15, -0.1) is 70.8 Å². The van der Waals surface area contributed by atoms with Crippen molar-refractivity contribution in [3.8, 4) is 11.3 Å². The summed E-state index contributed by atoms with van der Waals surface area (Å²) in [5.74, 6) is -0.202. The molecule has 7 heteroatoms. The third-order valence-corrected chi connectivity index (χ3v) is 5.65. The second-order valence-electron chi connectivity index (χ2n) is 7.28. The first-order valence-electron chi connectivity index (χ1n) is 10.4. The SMILES string of the molecule is Cc1c[c-]c(-c2ccccn2)cc1.O=C([CH-]S(=O)(=O)[CH-]C(=O)c1ccccc1)c1ccccc1.[Au+3]. The summed E-state index contributed by atoms with van der Waals surface area (Å²) in [7, 11) is -4.03. The maximum Gasteiger partial charge on any atom is 3.00 e. The van der Waals surface area contributed by atoms with Crippen molar-refractivity contribution in [2.75, 3.05) is 0 Å². The molecule has 0 aliphatic rings. The minimum absolute atomic E-state index is 0. The van der Waals surface area contributed by atoms with Crippen LogP contribution < -0.4 is 0 Å². The maximum atomic E-state index is 11.8. The molecule has 0 N–H and O–H groups in total. The quantitative estimate of drug-likeness (QED) is 0.151. The summed E-state index contributed by atoms with van der Waals surface area (Å²) < 4.78 is 23.7. The number of carbonyl (C=O) groups is 2. The number of pyridine rings is 1. The minimum atomic E-state index is -4.03. The number of aryl methyl sites for hydroxylation is 1. The van der Waals surface area contributed by atoms with Crippen LogP contribution in [0.2, 0.25) is 0 Å². The van der Waals surface area contributed by atoms with Gasteiger partial charge in [0, 0.05) is 17.8 Å². The van der Waals surface area contributed by atoms with Crippen molar-refractivity contribution in [2.45, 2.75) is 6.92 Å². The van der Waals surface area contributed by atoms with Gasteiger partial charge in [0.05, 0.1) is 9.84 Å². The van der Waals surface area contributed by atoms with E-state index in [9.17, 15) is 18.0 Å². The number of hydrogen-bond donors (Lipinski definition) is 0. The molecule has 1 heterocycles. The van der Waals surface area contributed by atoms with E-state index in [1.54, 1.807) is 42.6 Å². The Hall–Kier alpha value is -3.42. The van der Waals surface area contributed by atoms with Crippen LogP contribution in [0.5, 0.6) is 0 Å². The first-order chi connectivity index (χ1) is 16.3. The predicted octanol–water partition coefficient (Wildman–Crippen LogP) is 5.35. The Morgan fingerprint density at radius 2 is 1.26 bits per heavy atom. The normalized spacial score (nSPS) is 10.1. The van der Waals surface area contributed by atoms with Crippen molar-refractivity contribution >= 4 is 21.4 Å². The Labute approximate surface area is 221 Å². The van der Waals surface area contributed by atoms with Gasteiger partial charge in [-0.25, -0.2) is 0 Å². The fourth-order valence-electron chi connectivity index (χ4n) is 2.86. The molecule has 0 saturated heterocycles. The van der Waals surface area contributed by atoms with E-state index in [0.29, 0.717) is 11.5 Å². The molecule has 4 rings (SSSR count). The van der Waals surface area contributed by atoms with Crippen LogP contribution in [0.3, 0.4) is 0 Å². The van der Waals surface area contributed by atoms with E-state index < -0.39 is 21.4 Å². The van der Waals surface area contributed by atoms with Crippen molar-refractivity contribution in [2.24, 2.45) is 0 Å². The molecule has 0 aliphatic heterocycles. The van der Waals surface area contributed by atoms with Crippen molar-refractivity contribution in [1.29, 1.82) is 0 Å². The zero-order chi connectivity index (χ0) is 24.4. The molecule has 0 bridgehead atoms. The average molecular weight is 666 g/mol. The van der Waals surface area contributed by atoms with Crippen LogP contribution in [0.15, 0.2) is 103 Å². The molecule has 35 heavy (non-hydrogen) atoms. The summed E-state index contributed by atoms with van der Waals surface area (Å²) >= 11 is 0. The van der Waals surface area contributed by atoms with Crippen LogP contribution in [-0.4, -0.2) is 25.0 Å². The Morgan fingerprint density at radius 1 is 0.743 bits per heavy atom. The molecule has 5 nitrogen and oxygen atoms in total. The van der Waals surface area contributed by atoms with Gasteiger partial charge in [-0.2, -0.15) is 0 Å². The zero-order valence-corrected chi connectivity index (χ0v) is 21.7. The summed E-state index contributed by atoms with van der Waals surface area (Å²) in [6, 6.07) is 31.2. The molecule has 180 valence electrons. The van der Waals surface area contributed by atoms with Gasteiger partial charge in [-0.1, -0.05) is 67.0 Å². The third-order valence-electron chi connectivity index (χ3n) is 4.57. The van der Waals surface area contributed by atoms with Crippen LogP contribution in [0, 0.1) is 24.5 Å². The van der Waals surface area contributed by atoms with Gasteiger partial charge in [-0.3, -0.25) is 8.42 Å². The number of aromatic nitrogens is 1. The molecular formula is C28H22AuNO4S. The molecular weight excluding hydrogens is 643 g/mol. The van der Waals surface area contributed by atoms with Gasteiger partial charge in [-0.05, 0) is 11.8 Å². The molecule has 1 aromatic heterocycles. The Bertz CT molecular complexity index is 1270. The molecule has 0 aliphatic carbocycles. The van der Waals surface area contributed by atoms with Crippen LogP contribution in [0.4, 0.5) is 0 Å². The van der Waals surface area contributed by atoms with E-state index in [-0.39, 0.29) is 33.5 Å². The fourth-order valence-corrected chi connectivity index (χ4v) is 3.79. The number of rotatable bonds is 7. The minimum Gasteiger partial charge on any atom is -0.331 e. The maximum absolute atomic E-state index is 11.8. The molecule has 0 atom stereocenters. The monoisotopic (exact) mass is 665 g/mol.